The largest absolute Gasteiger partial charge is 0.416 e. The molecule has 3 aromatic rings. The molecule has 0 aliphatic rings. The number of benzene rings is 1. The van der Waals surface area contributed by atoms with Crippen molar-refractivity contribution in [3.63, 3.8) is 0 Å². The Morgan fingerprint density at radius 3 is 2.70 bits per heavy atom. The fraction of sp³-hybridized carbons (Fsp3) is 0.167. The second-order valence-electron chi connectivity index (χ2n) is 4.25. The molecule has 0 saturated carbocycles. The first-order valence-electron chi connectivity index (χ1n) is 5.67. The molecule has 0 aliphatic carbocycles. The van der Waals surface area contributed by atoms with Gasteiger partial charge < -0.3 is 14.8 Å². The van der Waals surface area contributed by atoms with Crippen molar-refractivity contribution in [3.05, 3.63) is 41.8 Å². The lowest BCUT2D eigenvalue weighted by Crippen LogP contribution is -2.06. The van der Waals surface area contributed by atoms with Gasteiger partial charge in [-0.05, 0) is 18.2 Å². The predicted octanol–water partition coefficient (Wildman–Crippen LogP) is 2.67. The van der Waals surface area contributed by atoms with Gasteiger partial charge in [0.25, 0.3) is 0 Å². The molecule has 2 heterocycles. The van der Waals surface area contributed by atoms with Crippen LogP contribution in [0.2, 0.25) is 0 Å². The Balaban J connectivity index is 2.08. The summed E-state index contributed by atoms with van der Waals surface area (Å²) in [7, 11) is 0. The Morgan fingerprint density at radius 1 is 1.25 bits per heavy atom. The fourth-order valence-electron chi connectivity index (χ4n) is 1.97. The third kappa shape index (κ3) is 2.09. The molecule has 0 fully saturated rings. The summed E-state index contributed by atoms with van der Waals surface area (Å²) in [6.45, 7) is 0.282. The van der Waals surface area contributed by atoms with E-state index in [2.05, 4.69) is 10.1 Å². The van der Waals surface area contributed by atoms with E-state index in [1.54, 1.807) is 10.6 Å². The number of nitrogen functional groups attached to an aromatic ring is 1. The van der Waals surface area contributed by atoms with Gasteiger partial charge in [-0.15, -0.1) is 0 Å². The average Bonchev–Trinajstić information content (AvgIpc) is 2.97. The van der Waals surface area contributed by atoms with Crippen molar-refractivity contribution < 1.29 is 17.7 Å². The van der Waals surface area contributed by atoms with Crippen LogP contribution in [0.4, 0.5) is 19.1 Å². The van der Waals surface area contributed by atoms with Crippen LogP contribution in [0.15, 0.2) is 35.1 Å². The Bertz CT molecular complexity index is 746. The van der Waals surface area contributed by atoms with E-state index in [1.807, 2.05) is 0 Å². The van der Waals surface area contributed by atoms with Crippen molar-refractivity contribution in [2.24, 2.45) is 0 Å². The summed E-state index contributed by atoms with van der Waals surface area (Å²) in [6.07, 6.45) is -2.99. The number of imidazole rings is 1. The van der Waals surface area contributed by atoms with Crippen LogP contribution in [-0.4, -0.2) is 14.7 Å². The van der Waals surface area contributed by atoms with E-state index < -0.39 is 11.7 Å². The second kappa shape index (κ2) is 4.26. The van der Waals surface area contributed by atoms with Gasteiger partial charge in [0.05, 0.1) is 23.1 Å². The first-order chi connectivity index (χ1) is 9.45. The second-order valence-corrected chi connectivity index (χ2v) is 4.25. The van der Waals surface area contributed by atoms with Gasteiger partial charge in [0.1, 0.15) is 12.0 Å². The maximum Gasteiger partial charge on any atom is 0.416 e. The minimum atomic E-state index is -4.40. The maximum absolute atomic E-state index is 12.6. The molecule has 0 aliphatic heterocycles. The highest BCUT2D eigenvalue weighted by atomic mass is 19.4. The van der Waals surface area contributed by atoms with Gasteiger partial charge in [0, 0.05) is 6.07 Å². The molecule has 104 valence electrons. The summed E-state index contributed by atoms with van der Waals surface area (Å²) >= 11 is 0. The van der Waals surface area contributed by atoms with E-state index in [0.717, 1.165) is 12.1 Å². The lowest BCUT2D eigenvalue weighted by Gasteiger charge is -2.07. The van der Waals surface area contributed by atoms with Gasteiger partial charge in [-0.2, -0.15) is 13.2 Å². The van der Waals surface area contributed by atoms with E-state index in [1.165, 1.54) is 12.3 Å². The van der Waals surface area contributed by atoms with Gasteiger partial charge in [-0.1, -0.05) is 5.16 Å². The first kappa shape index (κ1) is 12.5. The molecule has 0 atom stereocenters. The number of fused-ring (bicyclic) bond motifs is 1. The molecule has 0 radical (unpaired) electrons. The molecule has 1 aromatic carbocycles. The van der Waals surface area contributed by atoms with Crippen molar-refractivity contribution in [1.82, 2.24) is 14.7 Å². The molecule has 3 rings (SSSR count). The van der Waals surface area contributed by atoms with Gasteiger partial charge in [0.15, 0.2) is 0 Å². The minimum Gasteiger partial charge on any atom is -0.369 e. The number of nitrogens with zero attached hydrogens (tertiary/aromatic N) is 3. The Hall–Kier alpha value is -2.51. The molecule has 2 aromatic heterocycles. The number of alkyl halides is 3. The molecule has 5 nitrogen and oxygen atoms in total. The van der Waals surface area contributed by atoms with Crippen molar-refractivity contribution in [1.29, 1.82) is 0 Å². The van der Waals surface area contributed by atoms with Crippen LogP contribution in [0.1, 0.15) is 11.3 Å². The molecule has 0 spiro atoms. The Kier molecular flexibility index (Phi) is 2.66. The van der Waals surface area contributed by atoms with Crippen LogP contribution >= 0.6 is 0 Å². The summed E-state index contributed by atoms with van der Waals surface area (Å²) < 4.78 is 44.2. The molecular formula is C12H9F3N4O. The lowest BCUT2D eigenvalue weighted by atomic mass is 10.2. The van der Waals surface area contributed by atoms with E-state index >= 15 is 0 Å². The molecule has 0 amide bonds. The van der Waals surface area contributed by atoms with Crippen LogP contribution in [0.25, 0.3) is 11.0 Å². The van der Waals surface area contributed by atoms with Crippen molar-refractivity contribution in [2.45, 2.75) is 12.7 Å². The van der Waals surface area contributed by atoms with Gasteiger partial charge in [-0.25, -0.2) is 4.98 Å². The van der Waals surface area contributed by atoms with Crippen molar-refractivity contribution >= 4 is 17.0 Å². The number of hydrogen-bond acceptors (Lipinski definition) is 4. The number of rotatable bonds is 2. The lowest BCUT2D eigenvalue weighted by molar-refractivity contribution is -0.137. The van der Waals surface area contributed by atoms with Gasteiger partial charge >= 0.3 is 6.18 Å². The van der Waals surface area contributed by atoms with Gasteiger partial charge in [-0.3, -0.25) is 0 Å². The number of hydrogen-bond donors (Lipinski definition) is 1. The fourth-order valence-corrected chi connectivity index (χ4v) is 1.97. The van der Waals surface area contributed by atoms with E-state index in [-0.39, 0.29) is 18.0 Å². The predicted molar refractivity (Wildman–Crippen MR) is 64.8 cm³/mol. The monoisotopic (exact) mass is 282 g/mol. The van der Waals surface area contributed by atoms with Crippen LogP contribution in [0, 0.1) is 0 Å². The van der Waals surface area contributed by atoms with Crippen LogP contribution < -0.4 is 5.73 Å². The van der Waals surface area contributed by atoms with E-state index in [4.69, 9.17) is 10.3 Å². The normalized spacial score (nSPS) is 12.2. The zero-order valence-electron chi connectivity index (χ0n) is 10.1. The highest BCUT2D eigenvalue weighted by molar-refractivity contribution is 5.79. The molecule has 2 N–H and O–H groups in total. The van der Waals surface area contributed by atoms with Crippen LogP contribution in [0.3, 0.4) is 0 Å². The quantitative estimate of drug-likeness (QED) is 0.784. The molecule has 0 unspecified atom stereocenters. The van der Waals surface area contributed by atoms with Crippen molar-refractivity contribution in [2.75, 3.05) is 5.73 Å². The average molecular weight is 282 g/mol. The molecule has 8 heteroatoms. The number of aromatic nitrogens is 3. The van der Waals surface area contributed by atoms with E-state index in [0.29, 0.717) is 11.2 Å². The molecule has 0 saturated heterocycles. The molecular weight excluding hydrogens is 273 g/mol. The van der Waals surface area contributed by atoms with Crippen LogP contribution in [-0.2, 0) is 12.7 Å². The highest BCUT2D eigenvalue weighted by Crippen LogP contribution is 2.31. The standard InChI is InChI=1S/C12H9F3N4O/c13-12(14,15)7-1-2-10-9(5-7)17-11(16)19(10)6-8-3-4-20-18-8/h1-5H,6H2,(H2,16,17). The minimum absolute atomic E-state index is 0.127. The summed E-state index contributed by atoms with van der Waals surface area (Å²) in [5.74, 6) is 0.127. The smallest absolute Gasteiger partial charge is 0.369 e. The number of nitrogens with two attached hydrogens (primary N) is 1. The Morgan fingerprint density at radius 2 is 2.05 bits per heavy atom. The zero-order chi connectivity index (χ0) is 14.3. The Labute approximate surface area is 110 Å². The summed E-state index contributed by atoms with van der Waals surface area (Å²) in [5.41, 5.74) is 6.30. The maximum atomic E-state index is 12.6. The molecule has 20 heavy (non-hydrogen) atoms. The van der Waals surface area contributed by atoms with Crippen molar-refractivity contribution in [3.8, 4) is 0 Å². The number of halogens is 3. The summed E-state index contributed by atoms with van der Waals surface area (Å²) in [5, 5.41) is 3.74. The van der Waals surface area contributed by atoms with Crippen LogP contribution in [0.5, 0.6) is 0 Å². The summed E-state index contributed by atoms with van der Waals surface area (Å²) in [6, 6.07) is 4.98. The molecule has 0 bridgehead atoms. The topological polar surface area (TPSA) is 69.9 Å². The van der Waals surface area contributed by atoms with E-state index in [9.17, 15) is 13.2 Å². The first-order valence-corrected chi connectivity index (χ1v) is 5.67. The summed E-state index contributed by atoms with van der Waals surface area (Å²) in [4.78, 5) is 3.95. The zero-order valence-corrected chi connectivity index (χ0v) is 10.1. The third-order valence-electron chi connectivity index (χ3n) is 2.92. The number of anilines is 1. The third-order valence-corrected chi connectivity index (χ3v) is 2.92. The van der Waals surface area contributed by atoms with Gasteiger partial charge in [0.2, 0.25) is 5.95 Å². The highest BCUT2D eigenvalue weighted by Gasteiger charge is 2.31. The SMILES string of the molecule is Nc1nc2cc(C(F)(F)F)ccc2n1Cc1ccon1.